The predicted octanol–water partition coefficient (Wildman–Crippen LogP) is 4.79. The molecule has 2 amide bonds. The van der Waals surface area contributed by atoms with E-state index < -0.39 is 0 Å². The van der Waals surface area contributed by atoms with E-state index in [-0.39, 0.29) is 35.9 Å². The molecular formula is C29H33F2N3O2. The predicted molar refractivity (Wildman–Crippen MR) is 138 cm³/mol. The summed E-state index contributed by atoms with van der Waals surface area (Å²) in [4.78, 5) is 23.8. The largest absolute Gasteiger partial charge is 0.353 e. The van der Waals surface area contributed by atoms with Crippen LogP contribution in [0.1, 0.15) is 53.1 Å². The van der Waals surface area contributed by atoms with Gasteiger partial charge in [-0.25, -0.2) is 8.78 Å². The van der Waals surface area contributed by atoms with Gasteiger partial charge in [-0.15, -0.1) is 0 Å². The molecular weight excluding hydrogens is 460 g/mol. The van der Waals surface area contributed by atoms with Crippen LogP contribution >= 0.6 is 0 Å². The molecule has 190 valence electrons. The summed E-state index contributed by atoms with van der Waals surface area (Å²) in [5.41, 5.74) is 2.57. The number of unbranched alkanes of at least 4 members (excludes halogenated alkanes) is 2. The molecule has 0 aliphatic rings. The van der Waals surface area contributed by atoms with E-state index in [1.807, 2.05) is 6.07 Å². The van der Waals surface area contributed by atoms with Gasteiger partial charge in [-0.3, -0.25) is 9.59 Å². The van der Waals surface area contributed by atoms with Gasteiger partial charge in [0.1, 0.15) is 11.6 Å². The monoisotopic (exact) mass is 493 g/mol. The van der Waals surface area contributed by atoms with Crippen molar-refractivity contribution in [3.8, 4) is 0 Å². The van der Waals surface area contributed by atoms with Crippen molar-refractivity contribution in [1.82, 2.24) is 16.0 Å². The van der Waals surface area contributed by atoms with Crippen LogP contribution in [0, 0.1) is 11.6 Å². The van der Waals surface area contributed by atoms with Crippen LogP contribution in [0.4, 0.5) is 8.78 Å². The fourth-order valence-corrected chi connectivity index (χ4v) is 4.02. The highest BCUT2D eigenvalue weighted by atomic mass is 19.1. The molecule has 3 aromatic rings. The molecule has 0 bridgehead atoms. The summed E-state index contributed by atoms with van der Waals surface area (Å²) in [5, 5.41) is 8.69. The van der Waals surface area contributed by atoms with E-state index in [2.05, 4.69) is 16.0 Å². The summed E-state index contributed by atoms with van der Waals surface area (Å²) in [5.74, 6) is -0.943. The normalized spacial score (nSPS) is 10.9. The van der Waals surface area contributed by atoms with Crippen LogP contribution in [0.15, 0.2) is 78.9 Å². The van der Waals surface area contributed by atoms with E-state index in [9.17, 15) is 18.4 Å². The maximum absolute atomic E-state index is 13.4. The lowest BCUT2D eigenvalue weighted by Crippen LogP contribution is -2.39. The molecule has 0 atom stereocenters. The minimum atomic E-state index is -0.273. The minimum absolute atomic E-state index is 0.0585. The van der Waals surface area contributed by atoms with Gasteiger partial charge in [0.15, 0.2) is 0 Å². The molecule has 3 N–H and O–H groups in total. The van der Waals surface area contributed by atoms with Crippen molar-refractivity contribution in [3.05, 3.63) is 107 Å². The molecule has 0 spiro atoms. The third kappa shape index (κ3) is 9.23. The van der Waals surface area contributed by atoms with Crippen molar-refractivity contribution in [2.75, 3.05) is 26.2 Å². The average molecular weight is 494 g/mol. The van der Waals surface area contributed by atoms with Gasteiger partial charge < -0.3 is 16.0 Å². The minimum Gasteiger partial charge on any atom is -0.353 e. The summed E-state index contributed by atoms with van der Waals surface area (Å²) in [6, 6.07) is 21.8. The Hall–Kier alpha value is -3.58. The van der Waals surface area contributed by atoms with Crippen LogP contribution in [-0.4, -0.2) is 38.0 Å². The first-order valence-corrected chi connectivity index (χ1v) is 12.3. The standard InChI is InChI=1S/C29H33F2N3O2/c30-25-14-10-22(11-15-25)27(23-12-16-26(31)17-13-23)9-5-2-6-18-32-19-20-33-28(35)21-34-29(36)24-7-3-1-4-8-24/h1,3-4,7-8,10-17,27,32H,2,5-6,9,18-21H2,(H,33,35)(H,34,36). The number of hydrogen-bond donors (Lipinski definition) is 3. The molecule has 0 saturated heterocycles. The lowest BCUT2D eigenvalue weighted by atomic mass is 9.87. The molecule has 5 nitrogen and oxygen atoms in total. The lowest BCUT2D eigenvalue weighted by molar-refractivity contribution is -0.120. The zero-order valence-electron chi connectivity index (χ0n) is 20.3. The molecule has 36 heavy (non-hydrogen) atoms. The highest BCUT2D eigenvalue weighted by molar-refractivity contribution is 5.96. The van der Waals surface area contributed by atoms with E-state index in [1.54, 1.807) is 48.5 Å². The number of benzene rings is 3. The van der Waals surface area contributed by atoms with Crippen molar-refractivity contribution in [2.24, 2.45) is 0 Å². The summed E-state index contributed by atoms with van der Waals surface area (Å²) in [6.07, 6.45) is 3.88. The maximum Gasteiger partial charge on any atom is 0.251 e. The van der Waals surface area contributed by atoms with Crippen molar-refractivity contribution in [2.45, 2.75) is 31.6 Å². The van der Waals surface area contributed by atoms with Gasteiger partial charge >= 0.3 is 0 Å². The second-order valence-corrected chi connectivity index (χ2v) is 8.65. The molecule has 7 heteroatoms. The first-order valence-electron chi connectivity index (χ1n) is 12.3. The van der Waals surface area contributed by atoms with Gasteiger partial charge in [-0.1, -0.05) is 55.3 Å². The Morgan fingerprint density at radius 1 is 0.667 bits per heavy atom. The van der Waals surface area contributed by atoms with Crippen molar-refractivity contribution in [3.63, 3.8) is 0 Å². The van der Waals surface area contributed by atoms with E-state index in [0.29, 0.717) is 18.7 Å². The Morgan fingerprint density at radius 2 is 1.28 bits per heavy atom. The number of amides is 2. The van der Waals surface area contributed by atoms with Gasteiger partial charge in [0, 0.05) is 24.6 Å². The quantitative estimate of drug-likeness (QED) is 0.283. The summed E-state index contributed by atoms with van der Waals surface area (Å²) < 4.78 is 26.7. The molecule has 0 saturated carbocycles. The molecule has 0 fully saturated rings. The van der Waals surface area contributed by atoms with Gasteiger partial charge in [-0.2, -0.15) is 0 Å². The van der Waals surface area contributed by atoms with E-state index in [0.717, 1.165) is 43.4 Å². The van der Waals surface area contributed by atoms with Gasteiger partial charge in [0.05, 0.1) is 6.54 Å². The zero-order chi connectivity index (χ0) is 25.6. The number of carbonyl (C=O) groups excluding carboxylic acids is 2. The first-order chi connectivity index (χ1) is 17.5. The topological polar surface area (TPSA) is 70.2 Å². The Morgan fingerprint density at radius 3 is 1.89 bits per heavy atom. The fourth-order valence-electron chi connectivity index (χ4n) is 4.02. The molecule has 0 radical (unpaired) electrons. The van der Waals surface area contributed by atoms with Crippen LogP contribution in [-0.2, 0) is 4.79 Å². The van der Waals surface area contributed by atoms with E-state index in [4.69, 9.17) is 0 Å². The van der Waals surface area contributed by atoms with Gasteiger partial charge in [-0.05, 0) is 66.9 Å². The Kier molecular flexibility index (Phi) is 11.1. The third-order valence-electron chi connectivity index (χ3n) is 5.96. The lowest BCUT2D eigenvalue weighted by Gasteiger charge is -2.18. The molecule has 3 rings (SSSR count). The highest BCUT2D eigenvalue weighted by Gasteiger charge is 2.14. The number of hydrogen-bond acceptors (Lipinski definition) is 3. The summed E-state index contributed by atoms with van der Waals surface area (Å²) >= 11 is 0. The number of halogens is 2. The van der Waals surface area contributed by atoms with Crippen LogP contribution in [0.3, 0.4) is 0 Å². The summed E-state index contributed by atoms with van der Waals surface area (Å²) in [6.45, 7) is 1.90. The average Bonchev–Trinajstić information content (AvgIpc) is 2.90. The first kappa shape index (κ1) is 27.0. The number of carbonyl (C=O) groups is 2. The van der Waals surface area contributed by atoms with Crippen molar-refractivity contribution >= 4 is 11.8 Å². The zero-order valence-corrected chi connectivity index (χ0v) is 20.3. The van der Waals surface area contributed by atoms with Crippen LogP contribution < -0.4 is 16.0 Å². The number of nitrogens with one attached hydrogen (secondary N) is 3. The molecule has 0 heterocycles. The second-order valence-electron chi connectivity index (χ2n) is 8.65. The highest BCUT2D eigenvalue weighted by Crippen LogP contribution is 2.30. The SMILES string of the molecule is O=C(CNC(=O)c1ccccc1)NCCNCCCCCC(c1ccc(F)cc1)c1ccc(F)cc1. The molecule has 0 aromatic heterocycles. The Labute approximate surface area is 211 Å². The van der Waals surface area contributed by atoms with Crippen molar-refractivity contribution < 1.29 is 18.4 Å². The Balaban J connectivity index is 1.28. The molecule has 0 unspecified atom stereocenters. The number of rotatable bonds is 14. The third-order valence-corrected chi connectivity index (χ3v) is 5.96. The van der Waals surface area contributed by atoms with Crippen LogP contribution in [0.25, 0.3) is 0 Å². The molecule has 0 aliphatic heterocycles. The smallest absolute Gasteiger partial charge is 0.251 e. The van der Waals surface area contributed by atoms with E-state index >= 15 is 0 Å². The van der Waals surface area contributed by atoms with Crippen LogP contribution in [0.5, 0.6) is 0 Å². The second kappa shape index (κ2) is 14.7. The molecule has 0 aliphatic carbocycles. The van der Waals surface area contributed by atoms with E-state index in [1.165, 1.54) is 24.3 Å². The maximum atomic E-state index is 13.4. The summed E-state index contributed by atoms with van der Waals surface area (Å²) in [7, 11) is 0. The molecule has 3 aromatic carbocycles. The van der Waals surface area contributed by atoms with Crippen molar-refractivity contribution in [1.29, 1.82) is 0 Å². The van der Waals surface area contributed by atoms with Gasteiger partial charge in [0.25, 0.3) is 5.91 Å². The fraction of sp³-hybridized carbons (Fsp3) is 0.310. The Bertz CT molecular complexity index is 1030. The van der Waals surface area contributed by atoms with Gasteiger partial charge in [0.2, 0.25) is 5.91 Å². The van der Waals surface area contributed by atoms with Crippen LogP contribution in [0.2, 0.25) is 0 Å².